The molecule has 23 heavy (non-hydrogen) atoms. The third kappa shape index (κ3) is 4.57. The minimum absolute atomic E-state index is 0.0244. The molecule has 2 atom stereocenters. The predicted molar refractivity (Wildman–Crippen MR) is 90.3 cm³/mol. The van der Waals surface area contributed by atoms with E-state index in [0.717, 1.165) is 24.8 Å². The van der Waals surface area contributed by atoms with Crippen LogP contribution in [0.25, 0.3) is 0 Å². The number of nitrogens with zero attached hydrogens (tertiary/aromatic N) is 1. The van der Waals surface area contributed by atoms with Gasteiger partial charge in [0.15, 0.2) is 0 Å². The van der Waals surface area contributed by atoms with Crippen LogP contribution in [0, 0.1) is 12.8 Å². The number of hydrogen-bond donors (Lipinski definition) is 0. The Labute approximate surface area is 138 Å². The van der Waals surface area contributed by atoms with E-state index in [1.165, 1.54) is 13.5 Å². The van der Waals surface area contributed by atoms with E-state index in [-0.39, 0.29) is 24.3 Å². The summed E-state index contributed by atoms with van der Waals surface area (Å²) in [6, 6.07) is 7.88. The van der Waals surface area contributed by atoms with Gasteiger partial charge in [-0.1, -0.05) is 37.5 Å². The number of hydrogen-bond acceptors (Lipinski definition) is 3. The van der Waals surface area contributed by atoms with Crippen LogP contribution in [-0.2, 0) is 9.53 Å². The third-order valence-corrected chi connectivity index (χ3v) is 4.78. The molecule has 0 saturated heterocycles. The summed E-state index contributed by atoms with van der Waals surface area (Å²) in [6.07, 6.45) is 4.77. The van der Waals surface area contributed by atoms with E-state index in [0.29, 0.717) is 18.0 Å². The fourth-order valence-electron chi connectivity index (χ4n) is 3.44. The molecule has 1 aliphatic carbocycles. The summed E-state index contributed by atoms with van der Waals surface area (Å²) in [4.78, 5) is 26.4. The van der Waals surface area contributed by atoms with Crippen LogP contribution in [0.2, 0.25) is 0 Å². The van der Waals surface area contributed by atoms with Crippen molar-refractivity contribution in [2.24, 2.45) is 5.92 Å². The first-order chi connectivity index (χ1) is 11.0. The standard InChI is InChI=1S/C19H27NO3/c1-14-7-6-9-16(13-14)19(22)20(12-11-18(21)23-3)17-10-5-4-8-15(17)2/h6-7,9,13,15,17H,4-5,8,10-12H2,1-3H3. The fraction of sp³-hybridized carbons (Fsp3) is 0.579. The minimum atomic E-state index is -0.268. The molecule has 0 bridgehead atoms. The second-order valence-corrected chi connectivity index (χ2v) is 6.52. The average molecular weight is 317 g/mol. The van der Waals surface area contributed by atoms with Crippen molar-refractivity contribution in [2.45, 2.75) is 52.0 Å². The maximum Gasteiger partial charge on any atom is 0.307 e. The van der Waals surface area contributed by atoms with Crippen molar-refractivity contribution >= 4 is 11.9 Å². The van der Waals surface area contributed by atoms with Gasteiger partial charge in [-0.2, -0.15) is 0 Å². The maximum atomic E-state index is 13.0. The second kappa shape index (κ2) is 8.14. The highest BCUT2D eigenvalue weighted by molar-refractivity contribution is 5.94. The summed E-state index contributed by atoms with van der Waals surface area (Å²) in [5, 5.41) is 0. The molecule has 0 aliphatic heterocycles. The van der Waals surface area contributed by atoms with Gasteiger partial charge in [-0.25, -0.2) is 0 Å². The highest BCUT2D eigenvalue weighted by atomic mass is 16.5. The van der Waals surface area contributed by atoms with Crippen LogP contribution >= 0.6 is 0 Å². The first kappa shape index (κ1) is 17.5. The number of rotatable bonds is 5. The summed E-state index contributed by atoms with van der Waals surface area (Å²) in [6.45, 7) is 4.62. The van der Waals surface area contributed by atoms with Gasteiger partial charge >= 0.3 is 5.97 Å². The molecule has 0 aromatic heterocycles. The summed E-state index contributed by atoms with van der Waals surface area (Å²) in [5.74, 6) is 0.224. The number of carbonyl (C=O) groups is 2. The smallest absolute Gasteiger partial charge is 0.307 e. The summed E-state index contributed by atoms with van der Waals surface area (Å²) in [5.41, 5.74) is 1.77. The highest BCUT2D eigenvalue weighted by Gasteiger charge is 2.31. The molecule has 1 aromatic rings. The highest BCUT2D eigenvalue weighted by Crippen LogP contribution is 2.29. The van der Waals surface area contributed by atoms with Crippen molar-refractivity contribution < 1.29 is 14.3 Å². The molecule has 1 amide bonds. The summed E-state index contributed by atoms with van der Waals surface area (Å²) in [7, 11) is 1.39. The predicted octanol–water partition coefficient (Wildman–Crippen LogP) is 3.58. The summed E-state index contributed by atoms with van der Waals surface area (Å²) < 4.78 is 4.74. The van der Waals surface area contributed by atoms with E-state index in [2.05, 4.69) is 6.92 Å². The Morgan fingerprint density at radius 2 is 2.00 bits per heavy atom. The van der Waals surface area contributed by atoms with Crippen molar-refractivity contribution in [3.05, 3.63) is 35.4 Å². The lowest BCUT2D eigenvalue weighted by Gasteiger charge is -2.38. The van der Waals surface area contributed by atoms with E-state index in [1.807, 2.05) is 36.1 Å². The van der Waals surface area contributed by atoms with Gasteiger partial charge in [0.1, 0.15) is 0 Å². The van der Waals surface area contributed by atoms with Gasteiger partial charge in [-0.15, -0.1) is 0 Å². The van der Waals surface area contributed by atoms with E-state index < -0.39 is 0 Å². The van der Waals surface area contributed by atoms with Crippen LogP contribution in [0.3, 0.4) is 0 Å². The molecule has 1 aromatic carbocycles. The molecule has 0 heterocycles. The van der Waals surface area contributed by atoms with Gasteiger partial charge in [0, 0.05) is 18.2 Å². The number of amides is 1. The largest absolute Gasteiger partial charge is 0.469 e. The molecule has 4 nitrogen and oxygen atoms in total. The van der Waals surface area contributed by atoms with Crippen molar-refractivity contribution in [3.8, 4) is 0 Å². The van der Waals surface area contributed by atoms with E-state index in [9.17, 15) is 9.59 Å². The molecule has 1 aliphatic rings. The molecular weight excluding hydrogens is 290 g/mol. The van der Waals surface area contributed by atoms with Crippen molar-refractivity contribution in [1.29, 1.82) is 0 Å². The van der Waals surface area contributed by atoms with Gasteiger partial charge in [0.2, 0.25) is 0 Å². The Bertz CT molecular complexity index is 555. The number of methoxy groups -OCH3 is 1. The van der Waals surface area contributed by atoms with Crippen LogP contribution in [0.1, 0.15) is 54.9 Å². The monoisotopic (exact) mass is 317 g/mol. The number of benzene rings is 1. The first-order valence-corrected chi connectivity index (χ1v) is 8.47. The van der Waals surface area contributed by atoms with Crippen LogP contribution < -0.4 is 0 Å². The first-order valence-electron chi connectivity index (χ1n) is 8.47. The molecular formula is C19H27NO3. The molecule has 1 fully saturated rings. The second-order valence-electron chi connectivity index (χ2n) is 6.52. The molecule has 1 saturated carbocycles. The molecule has 0 spiro atoms. The minimum Gasteiger partial charge on any atom is -0.469 e. The molecule has 2 unspecified atom stereocenters. The van der Waals surface area contributed by atoms with E-state index >= 15 is 0 Å². The Kier molecular flexibility index (Phi) is 6.20. The fourth-order valence-corrected chi connectivity index (χ4v) is 3.44. The average Bonchev–Trinajstić information content (AvgIpc) is 2.56. The number of aryl methyl sites for hydroxylation is 1. The Hall–Kier alpha value is -1.84. The number of esters is 1. The maximum absolute atomic E-state index is 13.0. The topological polar surface area (TPSA) is 46.6 Å². The van der Waals surface area contributed by atoms with Crippen molar-refractivity contribution in [1.82, 2.24) is 4.90 Å². The van der Waals surface area contributed by atoms with Crippen LogP contribution in [0.5, 0.6) is 0 Å². The lowest BCUT2D eigenvalue weighted by atomic mass is 9.84. The number of carbonyl (C=O) groups excluding carboxylic acids is 2. The Morgan fingerprint density at radius 1 is 1.26 bits per heavy atom. The summed E-state index contributed by atoms with van der Waals surface area (Å²) >= 11 is 0. The SMILES string of the molecule is COC(=O)CCN(C(=O)c1cccc(C)c1)C1CCCCC1C. The molecule has 4 heteroatoms. The Balaban J connectivity index is 2.20. The molecule has 0 radical (unpaired) electrons. The lowest BCUT2D eigenvalue weighted by molar-refractivity contribution is -0.141. The molecule has 0 N–H and O–H groups in total. The zero-order chi connectivity index (χ0) is 16.8. The quantitative estimate of drug-likeness (QED) is 0.780. The van der Waals surface area contributed by atoms with Gasteiger partial charge in [-0.3, -0.25) is 9.59 Å². The number of ether oxygens (including phenoxy) is 1. The van der Waals surface area contributed by atoms with Gasteiger partial charge < -0.3 is 9.64 Å². The van der Waals surface area contributed by atoms with Crippen LogP contribution in [0.15, 0.2) is 24.3 Å². The van der Waals surface area contributed by atoms with Crippen LogP contribution in [-0.4, -0.2) is 36.5 Å². The van der Waals surface area contributed by atoms with E-state index in [4.69, 9.17) is 4.74 Å². The third-order valence-electron chi connectivity index (χ3n) is 4.78. The van der Waals surface area contributed by atoms with E-state index in [1.54, 1.807) is 0 Å². The zero-order valence-electron chi connectivity index (χ0n) is 14.4. The Morgan fingerprint density at radius 3 is 2.65 bits per heavy atom. The van der Waals surface area contributed by atoms with Gasteiger partial charge in [0.25, 0.3) is 5.91 Å². The van der Waals surface area contributed by atoms with Crippen LogP contribution in [0.4, 0.5) is 0 Å². The van der Waals surface area contributed by atoms with Gasteiger partial charge in [0.05, 0.1) is 13.5 Å². The van der Waals surface area contributed by atoms with Crippen molar-refractivity contribution in [3.63, 3.8) is 0 Å². The lowest BCUT2D eigenvalue weighted by Crippen LogP contribution is -2.46. The normalized spacial score (nSPS) is 20.8. The molecule has 126 valence electrons. The van der Waals surface area contributed by atoms with Gasteiger partial charge in [-0.05, 0) is 37.8 Å². The zero-order valence-corrected chi connectivity index (χ0v) is 14.4. The molecule has 2 rings (SSSR count). The van der Waals surface area contributed by atoms with Crippen molar-refractivity contribution in [2.75, 3.05) is 13.7 Å².